The van der Waals surface area contributed by atoms with Gasteiger partial charge in [0.05, 0.1) is 5.52 Å². The van der Waals surface area contributed by atoms with Crippen LogP contribution in [0.2, 0.25) is 0 Å². The highest BCUT2D eigenvalue weighted by molar-refractivity contribution is 8.00. The maximum absolute atomic E-state index is 7.68. The third-order valence-electron chi connectivity index (χ3n) is 2.38. The van der Waals surface area contributed by atoms with E-state index < -0.39 is 0 Å². The number of amidine groups is 1. The molecule has 0 amide bonds. The van der Waals surface area contributed by atoms with Crippen molar-refractivity contribution in [2.24, 2.45) is 5.73 Å². The second-order valence-electron chi connectivity index (χ2n) is 5.16. The van der Waals surface area contributed by atoms with Crippen LogP contribution < -0.4 is 5.73 Å². The van der Waals surface area contributed by atoms with Crippen molar-refractivity contribution in [3.8, 4) is 0 Å². The summed E-state index contributed by atoms with van der Waals surface area (Å²) in [5, 5.41) is 9.53. The zero-order chi connectivity index (χ0) is 13.3. The molecule has 0 radical (unpaired) electrons. The molecule has 1 aromatic carbocycles. The summed E-state index contributed by atoms with van der Waals surface area (Å²) in [6.45, 7) is 6.37. The molecule has 4 heteroatoms. The quantitative estimate of drug-likeness (QED) is 0.493. The van der Waals surface area contributed by atoms with Crippen LogP contribution in [0.3, 0.4) is 0 Å². The number of thioether (sulfide) groups is 1. The molecule has 0 unspecified atom stereocenters. The number of hydrogen-bond donors (Lipinski definition) is 2. The molecule has 0 aliphatic rings. The Morgan fingerprint density at radius 2 is 1.94 bits per heavy atom. The fraction of sp³-hybridized carbons (Fsp3) is 0.286. The van der Waals surface area contributed by atoms with Gasteiger partial charge < -0.3 is 5.73 Å². The molecule has 0 saturated carbocycles. The standard InChI is InChI=1S/C14H17N3S/c1-14(2,3)18-13-10(12(15)16)8-9-6-4-5-7-11(9)17-13/h4-8H,1-3H3,(H3,15,16). The second kappa shape index (κ2) is 4.61. The number of fused-ring (bicyclic) bond motifs is 1. The van der Waals surface area contributed by atoms with E-state index in [2.05, 4.69) is 25.8 Å². The van der Waals surface area contributed by atoms with Crippen LogP contribution in [0.25, 0.3) is 10.9 Å². The summed E-state index contributed by atoms with van der Waals surface area (Å²) >= 11 is 1.64. The van der Waals surface area contributed by atoms with Gasteiger partial charge >= 0.3 is 0 Å². The number of nitrogen functional groups attached to an aromatic ring is 1. The van der Waals surface area contributed by atoms with Gasteiger partial charge in [-0.2, -0.15) is 0 Å². The van der Waals surface area contributed by atoms with Gasteiger partial charge in [-0.25, -0.2) is 4.98 Å². The minimum Gasteiger partial charge on any atom is -0.384 e. The predicted octanol–water partition coefficient (Wildman–Crippen LogP) is 3.41. The number of para-hydroxylation sites is 1. The van der Waals surface area contributed by atoms with E-state index in [0.29, 0.717) is 5.56 Å². The molecule has 94 valence electrons. The molecule has 2 aromatic rings. The van der Waals surface area contributed by atoms with Crippen molar-refractivity contribution in [2.75, 3.05) is 0 Å². The Kier molecular flexibility index (Phi) is 3.30. The number of nitrogens with one attached hydrogen (secondary N) is 1. The third-order valence-corrected chi connectivity index (χ3v) is 3.50. The number of nitrogens with two attached hydrogens (primary N) is 1. The molecule has 2 rings (SSSR count). The Hall–Kier alpha value is -1.55. The lowest BCUT2D eigenvalue weighted by Crippen LogP contribution is -2.16. The highest BCUT2D eigenvalue weighted by Crippen LogP contribution is 2.34. The summed E-state index contributed by atoms with van der Waals surface area (Å²) in [5.41, 5.74) is 7.31. The number of nitrogens with zero attached hydrogens (tertiary/aromatic N) is 1. The molecule has 0 aliphatic heterocycles. The summed E-state index contributed by atoms with van der Waals surface area (Å²) in [4.78, 5) is 4.62. The minimum atomic E-state index is 0.0413. The fourth-order valence-corrected chi connectivity index (χ4v) is 2.66. The van der Waals surface area contributed by atoms with Crippen molar-refractivity contribution in [3.05, 3.63) is 35.9 Å². The van der Waals surface area contributed by atoms with Crippen molar-refractivity contribution < 1.29 is 0 Å². The Morgan fingerprint density at radius 1 is 1.28 bits per heavy atom. The molecule has 0 atom stereocenters. The SMILES string of the molecule is CC(C)(C)Sc1nc2ccccc2cc1C(=N)N. The first kappa shape index (κ1) is 12.9. The number of rotatable bonds is 2. The van der Waals surface area contributed by atoms with Gasteiger partial charge in [0.15, 0.2) is 0 Å². The molecule has 3 nitrogen and oxygen atoms in total. The number of benzene rings is 1. The van der Waals surface area contributed by atoms with E-state index in [4.69, 9.17) is 11.1 Å². The smallest absolute Gasteiger partial charge is 0.125 e. The van der Waals surface area contributed by atoms with Crippen LogP contribution in [0.1, 0.15) is 26.3 Å². The molecule has 1 aromatic heterocycles. The van der Waals surface area contributed by atoms with Crippen LogP contribution in [-0.2, 0) is 0 Å². The van der Waals surface area contributed by atoms with E-state index >= 15 is 0 Å². The van der Waals surface area contributed by atoms with Crippen molar-refractivity contribution in [1.29, 1.82) is 5.41 Å². The maximum atomic E-state index is 7.68. The topological polar surface area (TPSA) is 62.8 Å². The van der Waals surface area contributed by atoms with E-state index in [9.17, 15) is 0 Å². The number of pyridine rings is 1. The molecule has 0 saturated heterocycles. The monoisotopic (exact) mass is 259 g/mol. The van der Waals surface area contributed by atoms with Gasteiger partial charge in [0, 0.05) is 15.7 Å². The Balaban J connectivity index is 2.61. The van der Waals surface area contributed by atoms with E-state index in [-0.39, 0.29) is 10.6 Å². The molecule has 0 bridgehead atoms. The van der Waals surface area contributed by atoms with Crippen LogP contribution in [-0.4, -0.2) is 15.6 Å². The van der Waals surface area contributed by atoms with Crippen LogP contribution in [0.4, 0.5) is 0 Å². The van der Waals surface area contributed by atoms with E-state index in [1.54, 1.807) is 11.8 Å². The van der Waals surface area contributed by atoms with Crippen LogP contribution >= 0.6 is 11.8 Å². The van der Waals surface area contributed by atoms with Crippen molar-refractivity contribution in [3.63, 3.8) is 0 Å². The van der Waals surface area contributed by atoms with Crippen LogP contribution in [0.5, 0.6) is 0 Å². The first-order valence-electron chi connectivity index (χ1n) is 5.80. The van der Waals surface area contributed by atoms with Gasteiger partial charge in [-0.3, -0.25) is 5.41 Å². The molecule has 0 spiro atoms. The average Bonchev–Trinajstić information content (AvgIpc) is 2.25. The third kappa shape index (κ3) is 2.82. The average molecular weight is 259 g/mol. The first-order valence-corrected chi connectivity index (χ1v) is 6.62. The molecule has 3 N–H and O–H groups in total. The highest BCUT2D eigenvalue weighted by Gasteiger charge is 2.18. The molecular formula is C14H17N3S. The highest BCUT2D eigenvalue weighted by atomic mass is 32.2. The molecule has 0 aliphatic carbocycles. The molecular weight excluding hydrogens is 242 g/mol. The van der Waals surface area contributed by atoms with Crippen molar-refractivity contribution >= 4 is 28.5 Å². The molecule has 0 fully saturated rings. The zero-order valence-corrected chi connectivity index (χ0v) is 11.6. The maximum Gasteiger partial charge on any atom is 0.125 e. The molecule has 18 heavy (non-hydrogen) atoms. The first-order chi connectivity index (χ1) is 8.37. The minimum absolute atomic E-state index is 0.0413. The van der Waals surface area contributed by atoms with Gasteiger partial charge in [-0.1, -0.05) is 50.7 Å². The van der Waals surface area contributed by atoms with E-state index in [1.807, 2.05) is 30.3 Å². The Morgan fingerprint density at radius 3 is 2.56 bits per heavy atom. The summed E-state index contributed by atoms with van der Waals surface area (Å²) in [6, 6.07) is 9.84. The summed E-state index contributed by atoms with van der Waals surface area (Å²) in [5.74, 6) is 0.0694. The van der Waals surface area contributed by atoms with Crippen molar-refractivity contribution in [2.45, 2.75) is 30.5 Å². The van der Waals surface area contributed by atoms with E-state index in [1.165, 1.54) is 0 Å². The summed E-state index contributed by atoms with van der Waals surface area (Å²) in [6.07, 6.45) is 0. The normalized spacial score (nSPS) is 11.7. The predicted molar refractivity (Wildman–Crippen MR) is 78.4 cm³/mol. The van der Waals surface area contributed by atoms with Gasteiger partial charge in [0.1, 0.15) is 10.9 Å². The number of hydrogen-bond acceptors (Lipinski definition) is 3. The van der Waals surface area contributed by atoms with Gasteiger partial charge in [0.25, 0.3) is 0 Å². The Labute approximate surface area is 111 Å². The van der Waals surface area contributed by atoms with Gasteiger partial charge in [0.2, 0.25) is 0 Å². The lowest BCUT2D eigenvalue weighted by Gasteiger charge is -2.19. The largest absolute Gasteiger partial charge is 0.384 e. The molecule has 1 heterocycles. The van der Waals surface area contributed by atoms with Crippen LogP contribution in [0.15, 0.2) is 35.4 Å². The van der Waals surface area contributed by atoms with Gasteiger partial charge in [-0.05, 0) is 12.1 Å². The fourth-order valence-electron chi connectivity index (χ4n) is 1.66. The van der Waals surface area contributed by atoms with Crippen molar-refractivity contribution in [1.82, 2.24) is 4.98 Å². The van der Waals surface area contributed by atoms with Gasteiger partial charge in [-0.15, -0.1) is 0 Å². The zero-order valence-electron chi connectivity index (χ0n) is 10.8. The second-order valence-corrected chi connectivity index (χ2v) is 6.98. The lowest BCUT2D eigenvalue weighted by atomic mass is 10.1. The summed E-state index contributed by atoms with van der Waals surface area (Å²) in [7, 11) is 0. The number of aromatic nitrogens is 1. The van der Waals surface area contributed by atoms with E-state index in [0.717, 1.165) is 15.9 Å². The lowest BCUT2D eigenvalue weighted by molar-refractivity contribution is 0.799. The van der Waals surface area contributed by atoms with Crippen LogP contribution in [0, 0.1) is 5.41 Å². The summed E-state index contributed by atoms with van der Waals surface area (Å²) < 4.78 is 0.0413. The Bertz CT molecular complexity index is 600.